The topological polar surface area (TPSA) is 57.7 Å². The van der Waals surface area contributed by atoms with Crippen LogP contribution in [0.5, 0.6) is 0 Å². The van der Waals surface area contributed by atoms with E-state index >= 15 is 0 Å². The summed E-state index contributed by atoms with van der Waals surface area (Å²) >= 11 is 1.64. The molecule has 2 saturated heterocycles. The molecule has 2 aliphatic heterocycles. The summed E-state index contributed by atoms with van der Waals surface area (Å²) in [6, 6.07) is 7.91. The zero-order chi connectivity index (χ0) is 19.3. The smallest absolute Gasteiger partial charge is 0.238 e. The summed E-state index contributed by atoms with van der Waals surface area (Å²) in [5, 5.41) is 6.13. The highest BCUT2D eigenvalue weighted by Crippen LogP contribution is 2.24. The Morgan fingerprint density at radius 3 is 2.82 bits per heavy atom. The average molecular weight is 401 g/mol. The third-order valence-electron chi connectivity index (χ3n) is 5.38. The van der Waals surface area contributed by atoms with Gasteiger partial charge in [0, 0.05) is 56.0 Å². The van der Waals surface area contributed by atoms with E-state index in [-0.39, 0.29) is 5.91 Å². The lowest BCUT2D eigenvalue weighted by Gasteiger charge is -2.35. The fourth-order valence-electron chi connectivity index (χ4n) is 3.86. The summed E-state index contributed by atoms with van der Waals surface area (Å²) in [7, 11) is 0. The predicted octanol–water partition coefficient (Wildman–Crippen LogP) is 2.85. The van der Waals surface area contributed by atoms with Crippen LogP contribution < -0.4 is 5.32 Å². The molecule has 4 rings (SSSR count). The fraction of sp³-hybridized carbons (Fsp3) is 0.524. The number of carbonyl (C=O) groups is 1. The van der Waals surface area contributed by atoms with E-state index in [1.54, 1.807) is 11.3 Å². The Kier molecular flexibility index (Phi) is 6.36. The van der Waals surface area contributed by atoms with Crippen molar-refractivity contribution in [1.82, 2.24) is 14.8 Å². The second-order valence-corrected chi connectivity index (χ2v) is 8.65. The first-order chi connectivity index (χ1) is 13.7. The number of hydrogen-bond donors (Lipinski definition) is 1. The standard InChI is InChI=1S/C21H28N4O2S/c1-16-22-20(15-28-16)17-4-2-5-18(12-17)23-21(26)14-25-9-7-24(8-10-25)13-19-6-3-11-27-19/h2,4-5,12,15,19H,3,6-11,13-14H2,1H3,(H,23,26)/t19-/m1/s1. The Morgan fingerprint density at radius 1 is 1.29 bits per heavy atom. The minimum Gasteiger partial charge on any atom is -0.377 e. The van der Waals surface area contributed by atoms with Gasteiger partial charge in [-0.1, -0.05) is 12.1 Å². The number of amides is 1. The van der Waals surface area contributed by atoms with E-state index in [4.69, 9.17) is 4.74 Å². The lowest BCUT2D eigenvalue weighted by atomic mass is 10.1. The van der Waals surface area contributed by atoms with Crippen LogP contribution in [0.2, 0.25) is 0 Å². The van der Waals surface area contributed by atoms with Gasteiger partial charge in [-0.15, -0.1) is 11.3 Å². The molecule has 0 spiro atoms. The summed E-state index contributed by atoms with van der Waals surface area (Å²) in [5.41, 5.74) is 2.82. The van der Waals surface area contributed by atoms with Gasteiger partial charge in [0.05, 0.1) is 23.4 Å². The van der Waals surface area contributed by atoms with Gasteiger partial charge in [-0.25, -0.2) is 4.98 Å². The Hall–Kier alpha value is -1.80. The number of nitrogens with zero attached hydrogens (tertiary/aromatic N) is 3. The van der Waals surface area contributed by atoms with E-state index < -0.39 is 0 Å². The molecule has 7 heteroatoms. The van der Waals surface area contributed by atoms with E-state index in [2.05, 4.69) is 20.1 Å². The maximum Gasteiger partial charge on any atom is 0.238 e. The highest BCUT2D eigenvalue weighted by Gasteiger charge is 2.23. The van der Waals surface area contributed by atoms with Crippen LogP contribution in [0.1, 0.15) is 17.8 Å². The van der Waals surface area contributed by atoms with E-state index in [0.717, 1.165) is 61.3 Å². The number of ether oxygens (including phenoxy) is 1. The van der Waals surface area contributed by atoms with Crippen molar-refractivity contribution in [2.24, 2.45) is 0 Å². The van der Waals surface area contributed by atoms with Crippen LogP contribution in [0, 0.1) is 6.92 Å². The first-order valence-electron chi connectivity index (χ1n) is 10.0. The van der Waals surface area contributed by atoms with E-state index in [9.17, 15) is 4.79 Å². The Bertz CT molecular complexity index is 795. The van der Waals surface area contributed by atoms with E-state index in [0.29, 0.717) is 12.6 Å². The predicted molar refractivity (Wildman–Crippen MR) is 113 cm³/mol. The van der Waals surface area contributed by atoms with Gasteiger partial charge in [-0.05, 0) is 31.9 Å². The molecule has 1 aromatic carbocycles. The normalized spacial score (nSPS) is 21.1. The van der Waals surface area contributed by atoms with Crippen LogP contribution >= 0.6 is 11.3 Å². The first kappa shape index (κ1) is 19.5. The number of carbonyl (C=O) groups excluding carboxylic acids is 1. The SMILES string of the molecule is Cc1nc(-c2cccc(NC(=O)CN3CCN(C[C@H]4CCCO4)CC3)c2)cs1. The largest absolute Gasteiger partial charge is 0.377 e. The summed E-state index contributed by atoms with van der Waals surface area (Å²) in [4.78, 5) is 21.7. The van der Waals surface area contributed by atoms with Crippen molar-refractivity contribution in [3.63, 3.8) is 0 Å². The van der Waals surface area contributed by atoms with Gasteiger partial charge in [-0.2, -0.15) is 0 Å². The molecule has 3 heterocycles. The van der Waals surface area contributed by atoms with Gasteiger partial charge >= 0.3 is 0 Å². The van der Waals surface area contributed by atoms with E-state index in [1.807, 2.05) is 36.6 Å². The number of thiazole rings is 1. The molecule has 1 N–H and O–H groups in total. The van der Waals surface area contributed by atoms with Crippen LogP contribution in [-0.4, -0.2) is 72.7 Å². The van der Waals surface area contributed by atoms with E-state index in [1.165, 1.54) is 12.8 Å². The maximum atomic E-state index is 12.5. The molecule has 28 heavy (non-hydrogen) atoms. The lowest BCUT2D eigenvalue weighted by Crippen LogP contribution is -2.50. The third kappa shape index (κ3) is 5.17. The van der Waals surface area contributed by atoms with Crippen LogP contribution in [0.4, 0.5) is 5.69 Å². The van der Waals surface area contributed by atoms with Crippen LogP contribution in [0.3, 0.4) is 0 Å². The minimum absolute atomic E-state index is 0.0409. The molecule has 0 bridgehead atoms. The van der Waals surface area contributed by atoms with Crippen molar-refractivity contribution in [2.75, 3.05) is 51.2 Å². The third-order valence-corrected chi connectivity index (χ3v) is 6.15. The molecule has 150 valence electrons. The van der Waals surface area contributed by atoms with Gasteiger partial charge in [0.25, 0.3) is 0 Å². The van der Waals surface area contributed by atoms with Gasteiger partial charge in [0.2, 0.25) is 5.91 Å². The maximum absolute atomic E-state index is 12.5. The Labute approximate surface area is 170 Å². The number of benzene rings is 1. The van der Waals surface area contributed by atoms with Crippen molar-refractivity contribution in [3.05, 3.63) is 34.7 Å². The quantitative estimate of drug-likeness (QED) is 0.808. The molecule has 0 aliphatic carbocycles. The monoisotopic (exact) mass is 400 g/mol. The van der Waals surface area contributed by atoms with Gasteiger partial charge in [0.1, 0.15) is 0 Å². The van der Waals surface area contributed by atoms with Crippen LogP contribution in [-0.2, 0) is 9.53 Å². The molecule has 0 unspecified atom stereocenters. The van der Waals surface area contributed by atoms with Gasteiger partial charge in [-0.3, -0.25) is 14.6 Å². The van der Waals surface area contributed by atoms with Crippen molar-refractivity contribution in [3.8, 4) is 11.3 Å². The number of nitrogens with one attached hydrogen (secondary N) is 1. The highest BCUT2D eigenvalue weighted by molar-refractivity contribution is 7.09. The molecular formula is C21H28N4O2S. The number of aryl methyl sites for hydroxylation is 1. The molecule has 0 saturated carbocycles. The lowest BCUT2D eigenvalue weighted by molar-refractivity contribution is -0.117. The first-order valence-corrected chi connectivity index (χ1v) is 10.9. The Morgan fingerprint density at radius 2 is 2.11 bits per heavy atom. The Balaban J connectivity index is 1.25. The molecule has 1 atom stereocenters. The minimum atomic E-state index is 0.0409. The van der Waals surface area contributed by atoms with Gasteiger partial charge in [0.15, 0.2) is 0 Å². The summed E-state index contributed by atoms with van der Waals surface area (Å²) in [6.45, 7) is 8.25. The number of aromatic nitrogens is 1. The summed E-state index contributed by atoms with van der Waals surface area (Å²) in [5.74, 6) is 0.0409. The van der Waals surface area contributed by atoms with Crippen molar-refractivity contribution in [1.29, 1.82) is 0 Å². The fourth-order valence-corrected chi connectivity index (χ4v) is 4.48. The van der Waals surface area contributed by atoms with Crippen LogP contribution in [0.15, 0.2) is 29.6 Å². The number of piperazine rings is 1. The summed E-state index contributed by atoms with van der Waals surface area (Å²) in [6.07, 6.45) is 2.78. The molecule has 6 nitrogen and oxygen atoms in total. The van der Waals surface area contributed by atoms with Crippen molar-refractivity contribution >= 4 is 22.9 Å². The molecule has 1 amide bonds. The van der Waals surface area contributed by atoms with Gasteiger partial charge < -0.3 is 10.1 Å². The zero-order valence-corrected chi connectivity index (χ0v) is 17.2. The second-order valence-electron chi connectivity index (χ2n) is 7.59. The van der Waals surface area contributed by atoms with Crippen molar-refractivity contribution in [2.45, 2.75) is 25.9 Å². The van der Waals surface area contributed by atoms with Crippen LogP contribution in [0.25, 0.3) is 11.3 Å². The zero-order valence-electron chi connectivity index (χ0n) is 16.4. The second kappa shape index (κ2) is 9.13. The van der Waals surface area contributed by atoms with Crippen molar-refractivity contribution < 1.29 is 9.53 Å². The number of rotatable bonds is 6. The molecular weight excluding hydrogens is 372 g/mol. The molecule has 1 aromatic heterocycles. The number of anilines is 1. The molecule has 2 aromatic rings. The highest BCUT2D eigenvalue weighted by atomic mass is 32.1. The molecule has 2 aliphatic rings. The average Bonchev–Trinajstić information content (AvgIpc) is 3.35. The molecule has 0 radical (unpaired) electrons. The molecule has 2 fully saturated rings. The summed E-state index contributed by atoms with van der Waals surface area (Å²) < 4.78 is 5.73. The number of hydrogen-bond acceptors (Lipinski definition) is 6.